The Balaban J connectivity index is 2.22. The van der Waals surface area contributed by atoms with Gasteiger partial charge >= 0.3 is 0 Å². The first-order valence-corrected chi connectivity index (χ1v) is 5.36. The van der Waals surface area contributed by atoms with Crippen LogP contribution in [0.25, 0.3) is 0 Å². The van der Waals surface area contributed by atoms with Crippen LogP contribution in [0.2, 0.25) is 0 Å². The fourth-order valence-corrected chi connectivity index (χ4v) is 1.31. The molecule has 0 radical (unpaired) electrons. The Morgan fingerprint density at radius 2 is 2.00 bits per heavy atom. The van der Waals surface area contributed by atoms with Crippen LogP contribution in [-0.4, -0.2) is 18.2 Å². The van der Waals surface area contributed by atoms with Gasteiger partial charge in [0.15, 0.2) is 5.11 Å². The number of hydrogen-bond acceptors (Lipinski definition) is 3. The molecule has 0 amide bonds. The summed E-state index contributed by atoms with van der Waals surface area (Å²) in [7, 11) is 0. The van der Waals surface area contributed by atoms with Crippen molar-refractivity contribution in [2.75, 3.05) is 13.1 Å². The molecule has 0 aromatic heterocycles. The van der Waals surface area contributed by atoms with Crippen LogP contribution in [0.3, 0.4) is 0 Å². The van der Waals surface area contributed by atoms with Crippen molar-refractivity contribution in [1.82, 2.24) is 10.6 Å². The number of nitrogens with one attached hydrogen (secondary N) is 2. The molecule has 4 N–H and O–H groups in total. The van der Waals surface area contributed by atoms with E-state index in [-0.39, 0.29) is 0 Å². The van der Waals surface area contributed by atoms with Crippen molar-refractivity contribution in [1.29, 1.82) is 5.26 Å². The Morgan fingerprint density at radius 1 is 1.31 bits per heavy atom. The SMILES string of the molecule is N#Cc1ccc(CNCCNC(N)=S)cc1. The monoisotopic (exact) mass is 234 g/mol. The van der Waals surface area contributed by atoms with Crippen molar-refractivity contribution in [2.24, 2.45) is 5.73 Å². The highest BCUT2D eigenvalue weighted by Gasteiger charge is 1.93. The summed E-state index contributed by atoms with van der Waals surface area (Å²) in [5.74, 6) is 0. The van der Waals surface area contributed by atoms with Crippen LogP contribution in [0.4, 0.5) is 0 Å². The molecule has 16 heavy (non-hydrogen) atoms. The quantitative estimate of drug-likeness (QED) is 0.510. The number of nitrogens with zero attached hydrogens (tertiary/aromatic N) is 1. The topological polar surface area (TPSA) is 73.9 Å². The molecule has 4 nitrogen and oxygen atoms in total. The number of nitrogens with two attached hydrogens (primary N) is 1. The summed E-state index contributed by atoms with van der Waals surface area (Å²) in [6.45, 7) is 2.27. The molecular formula is C11H14N4S. The van der Waals surface area contributed by atoms with Gasteiger partial charge in [0.05, 0.1) is 11.6 Å². The fourth-order valence-electron chi connectivity index (χ4n) is 1.20. The van der Waals surface area contributed by atoms with E-state index in [1.807, 2.05) is 24.3 Å². The maximum absolute atomic E-state index is 8.63. The zero-order chi connectivity index (χ0) is 11.8. The summed E-state index contributed by atoms with van der Waals surface area (Å²) in [5, 5.41) is 15.0. The van der Waals surface area contributed by atoms with Gasteiger partial charge < -0.3 is 16.4 Å². The Hall–Kier alpha value is -1.64. The molecule has 0 spiro atoms. The average molecular weight is 234 g/mol. The van der Waals surface area contributed by atoms with Gasteiger partial charge in [0.1, 0.15) is 0 Å². The Bertz CT molecular complexity index is 380. The van der Waals surface area contributed by atoms with Gasteiger partial charge in [-0.3, -0.25) is 0 Å². The first-order valence-electron chi connectivity index (χ1n) is 4.95. The van der Waals surface area contributed by atoms with E-state index in [1.54, 1.807) is 0 Å². The van der Waals surface area contributed by atoms with Crippen LogP contribution in [-0.2, 0) is 6.54 Å². The number of thiocarbonyl (C=S) groups is 1. The van der Waals surface area contributed by atoms with Crippen molar-refractivity contribution in [2.45, 2.75) is 6.54 Å². The van der Waals surface area contributed by atoms with Crippen LogP contribution < -0.4 is 16.4 Å². The third-order valence-corrected chi connectivity index (χ3v) is 2.16. The van der Waals surface area contributed by atoms with E-state index in [0.717, 1.165) is 18.7 Å². The molecule has 0 heterocycles. The predicted molar refractivity (Wildman–Crippen MR) is 67.7 cm³/mol. The van der Waals surface area contributed by atoms with E-state index in [0.29, 0.717) is 17.2 Å². The number of rotatable bonds is 5. The normalized spacial score (nSPS) is 9.44. The second-order valence-electron chi connectivity index (χ2n) is 3.28. The summed E-state index contributed by atoms with van der Waals surface area (Å²) in [6, 6.07) is 9.58. The van der Waals surface area contributed by atoms with E-state index < -0.39 is 0 Å². The van der Waals surface area contributed by atoms with E-state index >= 15 is 0 Å². The molecule has 0 atom stereocenters. The van der Waals surface area contributed by atoms with E-state index in [2.05, 4.69) is 28.9 Å². The van der Waals surface area contributed by atoms with Crippen LogP contribution in [0.5, 0.6) is 0 Å². The molecule has 1 aromatic rings. The molecule has 0 saturated carbocycles. The zero-order valence-electron chi connectivity index (χ0n) is 8.86. The molecule has 0 bridgehead atoms. The van der Waals surface area contributed by atoms with Crippen molar-refractivity contribution >= 4 is 17.3 Å². The minimum atomic E-state index is 0.320. The molecule has 0 unspecified atom stereocenters. The van der Waals surface area contributed by atoms with Gasteiger partial charge in [-0.05, 0) is 29.9 Å². The first-order chi connectivity index (χ1) is 7.72. The minimum absolute atomic E-state index is 0.320. The van der Waals surface area contributed by atoms with Gasteiger partial charge in [-0.2, -0.15) is 5.26 Å². The van der Waals surface area contributed by atoms with Crippen LogP contribution in [0.15, 0.2) is 24.3 Å². The second kappa shape index (κ2) is 6.77. The Labute approximate surface area is 100 Å². The van der Waals surface area contributed by atoms with Crippen LogP contribution in [0.1, 0.15) is 11.1 Å². The van der Waals surface area contributed by atoms with Gasteiger partial charge in [0.25, 0.3) is 0 Å². The van der Waals surface area contributed by atoms with Crippen molar-refractivity contribution in [3.05, 3.63) is 35.4 Å². The number of benzene rings is 1. The molecule has 84 valence electrons. The summed E-state index contributed by atoms with van der Waals surface area (Å²) < 4.78 is 0. The summed E-state index contributed by atoms with van der Waals surface area (Å²) in [4.78, 5) is 0. The highest BCUT2D eigenvalue weighted by atomic mass is 32.1. The molecule has 0 saturated heterocycles. The lowest BCUT2D eigenvalue weighted by molar-refractivity contribution is 0.673. The molecule has 5 heteroatoms. The lowest BCUT2D eigenvalue weighted by Gasteiger charge is -2.06. The third-order valence-electron chi connectivity index (χ3n) is 2.01. The van der Waals surface area contributed by atoms with Gasteiger partial charge in [-0.15, -0.1) is 0 Å². The van der Waals surface area contributed by atoms with Gasteiger partial charge in [0, 0.05) is 19.6 Å². The average Bonchev–Trinajstić information content (AvgIpc) is 2.29. The molecule has 1 rings (SSSR count). The van der Waals surface area contributed by atoms with Gasteiger partial charge in [-0.25, -0.2) is 0 Å². The van der Waals surface area contributed by atoms with Gasteiger partial charge in [0.2, 0.25) is 0 Å². The fraction of sp³-hybridized carbons (Fsp3) is 0.273. The summed E-state index contributed by atoms with van der Waals surface area (Å²) >= 11 is 4.67. The molecular weight excluding hydrogens is 220 g/mol. The van der Waals surface area contributed by atoms with Crippen molar-refractivity contribution < 1.29 is 0 Å². The van der Waals surface area contributed by atoms with E-state index in [4.69, 9.17) is 11.0 Å². The van der Waals surface area contributed by atoms with Crippen LogP contribution >= 0.6 is 12.2 Å². The zero-order valence-corrected chi connectivity index (χ0v) is 9.68. The number of hydrogen-bond donors (Lipinski definition) is 3. The standard InChI is InChI=1S/C11H14N4S/c12-7-9-1-3-10(4-2-9)8-14-5-6-15-11(13)16/h1-4,14H,5-6,8H2,(H3,13,15,16). The Kier molecular flexibility index (Phi) is 5.26. The molecule has 0 fully saturated rings. The third kappa shape index (κ3) is 4.73. The maximum atomic E-state index is 8.63. The molecule has 0 aliphatic rings. The van der Waals surface area contributed by atoms with Crippen LogP contribution in [0, 0.1) is 11.3 Å². The van der Waals surface area contributed by atoms with Gasteiger partial charge in [-0.1, -0.05) is 12.1 Å². The first kappa shape index (κ1) is 12.4. The van der Waals surface area contributed by atoms with Crippen molar-refractivity contribution in [3.8, 4) is 6.07 Å². The van der Waals surface area contributed by atoms with E-state index in [1.165, 1.54) is 0 Å². The maximum Gasteiger partial charge on any atom is 0.163 e. The summed E-state index contributed by atoms with van der Waals surface area (Å²) in [6.07, 6.45) is 0. The Morgan fingerprint density at radius 3 is 2.56 bits per heavy atom. The molecule has 1 aromatic carbocycles. The van der Waals surface area contributed by atoms with E-state index in [9.17, 15) is 0 Å². The lowest BCUT2D eigenvalue weighted by atomic mass is 10.1. The summed E-state index contributed by atoms with van der Waals surface area (Å²) in [5.41, 5.74) is 7.11. The highest BCUT2D eigenvalue weighted by Crippen LogP contribution is 2.02. The largest absolute Gasteiger partial charge is 0.376 e. The molecule has 0 aliphatic heterocycles. The minimum Gasteiger partial charge on any atom is -0.376 e. The van der Waals surface area contributed by atoms with Crippen molar-refractivity contribution in [3.63, 3.8) is 0 Å². The molecule has 0 aliphatic carbocycles. The second-order valence-corrected chi connectivity index (χ2v) is 3.72. The highest BCUT2D eigenvalue weighted by molar-refractivity contribution is 7.80. The predicted octanol–water partition coefficient (Wildman–Crippen LogP) is 0.481. The number of nitriles is 1. The lowest BCUT2D eigenvalue weighted by Crippen LogP contribution is -2.34. The smallest absolute Gasteiger partial charge is 0.163 e.